The Balaban J connectivity index is 1.45. The zero-order chi connectivity index (χ0) is 21.5. The topological polar surface area (TPSA) is 76.4 Å². The van der Waals surface area contributed by atoms with Crippen molar-refractivity contribution in [1.29, 1.82) is 0 Å². The molecule has 8 heteroatoms. The van der Waals surface area contributed by atoms with Gasteiger partial charge in [0.1, 0.15) is 6.33 Å². The number of aromatic nitrogens is 4. The van der Waals surface area contributed by atoms with Crippen LogP contribution in [-0.4, -0.2) is 74.8 Å². The molecule has 0 saturated carbocycles. The van der Waals surface area contributed by atoms with Crippen LogP contribution in [0.4, 0.5) is 0 Å². The molecule has 1 unspecified atom stereocenters. The number of morpholine rings is 1. The second-order valence-corrected chi connectivity index (χ2v) is 7.87. The van der Waals surface area contributed by atoms with Crippen molar-refractivity contribution in [2.45, 2.75) is 25.9 Å². The van der Waals surface area contributed by atoms with E-state index >= 15 is 0 Å². The van der Waals surface area contributed by atoms with Crippen LogP contribution in [0.2, 0.25) is 0 Å². The van der Waals surface area contributed by atoms with Gasteiger partial charge < -0.3 is 9.64 Å². The molecule has 1 fully saturated rings. The highest BCUT2D eigenvalue weighted by atomic mass is 16.5. The summed E-state index contributed by atoms with van der Waals surface area (Å²) < 4.78 is 7.06. The molecule has 2 aromatic carbocycles. The summed E-state index contributed by atoms with van der Waals surface area (Å²) in [7, 11) is 0. The van der Waals surface area contributed by atoms with Gasteiger partial charge in [-0.2, -0.15) is 0 Å². The number of carbonyl (C=O) groups excluding carboxylic acids is 1. The molecule has 1 aliphatic rings. The fourth-order valence-electron chi connectivity index (χ4n) is 3.85. The van der Waals surface area contributed by atoms with Crippen LogP contribution in [0.1, 0.15) is 18.1 Å². The van der Waals surface area contributed by atoms with E-state index in [-0.39, 0.29) is 11.9 Å². The largest absolute Gasteiger partial charge is 0.379 e. The van der Waals surface area contributed by atoms with E-state index in [2.05, 4.69) is 39.5 Å². The van der Waals surface area contributed by atoms with Crippen molar-refractivity contribution in [3.05, 3.63) is 72.1 Å². The lowest BCUT2D eigenvalue weighted by Crippen LogP contribution is -2.48. The van der Waals surface area contributed by atoms with Gasteiger partial charge in [-0.15, -0.1) is 5.10 Å². The molecule has 1 atom stereocenters. The third-order valence-corrected chi connectivity index (χ3v) is 5.58. The van der Waals surface area contributed by atoms with E-state index in [4.69, 9.17) is 4.74 Å². The fraction of sp³-hybridized carbons (Fsp3) is 0.391. The average Bonchev–Trinajstić information content (AvgIpc) is 3.34. The summed E-state index contributed by atoms with van der Waals surface area (Å²) in [6.07, 6.45) is 1.91. The lowest BCUT2D eigenvalue weighted by Gasteiger charge is -2.35. The monoisotopic (exact) mass is 420 g/mol. The van der Waals surface area contributed by atoms with E-state index in [1.165, 1.54) is 0 Å². The Kier molecular flexibility index (Phi) is 7.01. The maximum atomic E-state index is 13.4. The van der Waals surface area contributed by atoms with E-state index in [0.717, 1.165) is 49.7 Å². The smallest absolute Gasteiger partial charge is 0.227 e. The van der Waals surface area contributed by atoms with Crippen LogP contribution in [0, 0.1) is 0 Å². The molecular formula is C23H28N6O2. The van der Waals surface area contributed by atoms with Gasteiger partial charge in [-0.3, -0.25) is 9.69 Å². The summed E-state index contributed by atoms with van der Waals surface area (Å²) in [4.78, 5) is 17.7. The number of hydrogen-bond donors (Lipinski definition) is 0. The molecule has 4 rings (SSSR count). The molecule has 1 aromatic heterocycles. The molecule has 162 valence electrons. The Bertz CT molecular complexity index is 940. The number of benzene rings is 2. The summed E-state index contributed by atoms with van der Waals surface area (Å²) in [6.45, 7) is 6.93. The first-order valence-corrected chi connectivity index (χ1v) is 10.6. The summed E-state index contributed by atoms with van der Waals surface area (Å²) >= 11 is 0. The summed E-state index contributed by atoms with van der Waals surface area (Å²) in [6, 6.07) is 18.1. The van der Waals surface area contributed by atoms with Crippen LogP contribution in [0.25, 0.3) is 5.69 Å². The number of ether oxygens (including phenoxy) is 1. The van der Waals surface area contributed by atoms with Gasteiger partial charge in [-0.25, -0.2) is 4.68 Å². The van der Waals surface area contributed by atoms with Gasteiger partial charge in [-0.1, -0.05) is 42.5 Å². The van der Waals surface area contributed by atoms with Crippen molar-refractivity contribution in [2.24, 2.45) is 0 Å². The Labute approximate surface area is 182 Å². The van der Waals surface area contributed by atoms with Gasteiger partial charge in [0.2, 0.25) is 5.91 Å². The van der Waals surface area contributed by atoms with Crippen LogP contribution in [0.5, 0.6) is 0 Å². The van der Waals surface area contributed by atoms with E-state index in [1.54, 1.807) is 11.0 Å². The van der Waals surface area contributed by atoms with Crippen molar-refractivity contribution in [3.8, 4) is 5.69 Å². The first kappa shape index (κ1) is 21.1. The van der Waals surface area contributed by atoms with Gasteiger partial charge in [0.25, 0.3) is 0 Å². The Hall–Kier alpha value is -3.10. The molecule has 0 radical (unpaired) electrons. The Morgan fingerprint density at radius 1 is 1.06 bits per heavy atom. The fourth-order valence-corrected chi connectivity index (χ4v) is 3.85. The highest BCUT2D eigenvalue weighted by Crippen LogP contribution is 2.15. The molecule has 1 amide bonds. The lowest BCUT2D eigenvalue weighted by atomic mass is 10.1. The van der Waals surface area contributed by atoms with Crippen molar-refractivity contribution in [3.63, 3.8) is 0 Å². The van der Waals surface area contributed by atoms with E-state index in [1.807, 2.05) is 47.4 Å². The first-order chi connectivity index (χ1) is 15.2. The van der Waals surface area contributed by atoms with Crippen molar-refractivity contribution >= 4 is 5.91 Å². The zero-order valence-corrected chi connectivity index (χ0v) is 17.8. The summed E-state index contributed by atoms with van der Waals surface area (Å²) in [5, 5.41) is 11.2. The molecular weight excluding hydrogens is 392 g/mol. The number of nitrogens with zero attached hydrogens (tertiary/aromatic N) is 6. The van der Waals surface area contributed by atoms with Gasteiger partial charge in [0.15, 0.2) is 0 Å². The highest BCUT2D eigenvalue weighted by Gasteiger charge is 2.23. The van der Waals surface area contributed by atoms with Crippen LogP contribution >= 0.6 is 0 Å². The molecule has 0 N–H and O–H groups in total. The van der Waals surface area contributed by atoms with Crippen LogP contribution in [0.3, 0.4) is 0 Å². The predicted octanol–water partition coefficient (Wildman–Crippen LogP) is 1.95. The van der Waals surface area contributed by atoms with Gasteiger partial charge in [0.05, 0.1) is 25.3 Å². The molecule has 0 aliphatic carbocycles. The summed E-state index contributed by atoms with van der Waals surface area (Å²) in [5.41, 5.74) is 2.97. The third kappa shape index (κ3) is 5.74. The van der Waals surface area contributed by atoms with E-state index in [9.17, 15) is 4.79 Å². The normalized spacial score (nSPS) is 15.5. The first-order valence-electron chi connectivity index (χ1n) is 10.6. The molecule has 2 heterocycles. The van der Waals surface area contributed by atoms with Crippen LogP contribution in [-0.2, 0) is 22.5 Å². The number of carbonyl (C=O) groups is 1. The number of hydrogen-bond acceptors (Lipinski definition) is 6. The maximum Gasteiger partial charge on any atom is 0.227 e. The summed E-state index contributed by atoms with van der Waals surface area (Å²) in [5.74, 6) is 0.125. The minimum atomic E-state index is 0.103. The minimum absolute atomic E-state index is 0.103. The van der Waals surface area contributed by atoms with Crippen molar-refractivity contribution < 1.29 is 9.53 Å². The number of amides is 1. The average molecular weight is 421 g/mol. The molecule has 8 nitrogen and oxygen atoms in total. The van der Waals surface area contributed by atoms with Gasteiger partial charge in [0, 0.05) is 32.2 Å². The molecule has 0 bridgehead atoms. The van der Waals surface area contributed by atoms with Gasteiger partial charge >= 0.3 is 0 Å². The third-order valence-electron chi connectivity index (χ3n) is 5.58. The predicted molar refractivity (Wildman–Crippen MR) is 117 cm³/mol. The molecule has 0 spiro atoms. The minimum Gasteiger partial charge on any atom is -0.379 e. The second kappa shape index (κ2) is 10.3. The number of rotatable bonds is 8. The Morgan fingerprint density at radius 3 is 2.48 bits per heavy atom. The SMILES string of the molecule is CC(CN1CCOCC1)N(Cc1ccccc1)C(=O)Cc1ccc(-n2cnnn2)cc1. The second-order valence-electron chi connectivity index (χ2n) is 7.87. The lowest BCUT2D eigenvalue weighted by molar-refractivity contribution is -0.133. The number of tetrazole rings is 1. The molecule has 1 aliphatic heterocycles. The van der Waals surface area contributed by atoms with Crippen molar-refractivity contribution in [2.75, 3.05) is 32.8 Å². The highest BCUT2D eigenvalue weighted by molar-refractivity contribution is 5.79. The van der Waals surface area contributed by atoms with E-state index in [0.29, 0.717) is 13.0 Å². The quantitative estimate of drug-likeness (QED) is 0.555. The molecule has 3 aromatic rings. The molecule has 1 saturated heterocycles. The van der Waals surface area contributed by atoms with Gasteiger partial charge in [-0.05, 0) is 40.6 Å². The van der Waals surface area contributed by atoms with E-state index < -0.39 is 0 Å². The zero-order valence-electron chi connectivity index (χ0n) is 17.8. The van der Waals surface area contributed by atoms with Crippen molar-refractivity contribution in [1.82, 2.24) is 30.0 Å². The molecule has 31 heavy (non-hydrogen) atoms. The van der Waals surface area contributed by atoms with Crippen LogP contribution in [0.15, 0.2) is 60.9 Å². The maximum absolute atomic E-state index is 13.4. The van der Waals surface area contributed by atoms with Crippen LogP contribution < -0.4 is 0 Å². The Morgan fingerprint density at radius 2 is 1.81 bits per heavy atom. The standard InChI is InChI=1S/C23H28N6O2/c1-19(16-27-11-13-31-14-12-27)28(17-21-5-3-2-4-6-21)23(30)15-20-7-9-22(10-8-20)29-18-24-25-26-29/h2-10,18-19H,11-17H2,1H3.